The van der Waals surface area contributed by atoms with E-state index in [9.17, 15) is 9.18 Å². The molecule has 4 heteroatoms. The Morgan fingerprint density at radius 2 is 2.04 bits per heavy atom. The van der Waals surface area contributed by atoms with E-state index in [0.29, 0.717) is 11.1 Å². The Morgan fingerprint density at radius 3 is 2.74 bits per heavy atom. The van der Waals surface area contributed by atoms with Gasteiger partial charge in [0.2, 0.25) is 0 Å². The summed E-state index contributed by atoms with van der Waals surface area (Å²) in [6.45, 7) is 5.84. The molecule has 1 amide bonds. The summed E-state index contributed by atoms with van der Waals surface area (Å²) in [6, 6.07) is 10.9. The first-order valence-electron chi connectivity index (χ1n) is 7.67. The lowest BCUT2D eigenvalue weighted by Crippen LogP contribution is -2.34. The van der Waals surface area contributed by atoms with Crippen LogP contribution in [0.25, 0.3) is 11.1 Å². The quantitative estimate of drug-likeness (QED) is 0.845. The Morgan fingerprint density at radius 1 is 1.30 bits per heavy atom. The van der Waals surface area contributed by atoms with Crippen LogP contribution >= 0.6 is 0 Å². The summed E-state index contributed by atoms with van der Waals surface area (Å²) in [5, 5.41) is 11.7. The van der Waals surface area contributed by atoms with Gasteiger partial charge in [0.25, 0.3) is 0 Å². The molecule has 120 valence electrons. The maximum absolute atomic E-state index is 14.3. The van der Waals surface area contributed by atoms with Crippen molar-refractivity contribution >= 4 is 6.09 Å². The van der Waals surface area contributed by atoms with Crippen LogP contribution in [0.1, 0.15) is 36.6 Å². The van der Waals surface area contributed by atoms with E-state index in [1.807, 2.05) is 38.1 Å². The van der Waals surface area contributed by atoms with E-state index in [1.165, 1.54) is 0 Å². The van der Waals surface area contributed by atoms with E-state index >= 15 is 0 Å². The highest BCUT2D eigenvalue weighted by atomic mass is 19.1. The summed E-state index contributed by atoms with van der Waals surface area (Å²) in [4.78, 5) is 11.1. The van der Waals surface area contributed by atoms with Crippen LogP contribution in [0.5, 0.6) is 0 Å². The lowest BCUT2D eigenvalue weighted by Gasteiger charge is -2.27. The topological polar surface area (TPSA) is 49.3 Å². The number of amides is 1. The number of carboxylic acid groups (broad SMARTS) is 1. The molecule has 1 aliphatic rings. The average Bonchev–Trinajstić information content (AvgIpc) is 2.71. The second-order valence-electron chi connectivity index (χ2n) is 6.90. The van der Waals surface area contributed by atoms with Gasteiger partial charge in [0.1, 0.15) is 5.82 Å². The lowest BCUT2D eigenvalue weighted by atomic mass is 9.85. The van der Waals surface area contributed by atoms with Crippen LogP contribution in [0.3, 0.4) is 0 Å². The summed E-state index contributed by atoms with van der Waals surface area (Å²) in [6.07, 6.45) is -0.265. The molecule has 0 spiro atoms. The SMILES string of the molecule is Cc1cccc(-c2ccc3c(c2)CC(C)(C)C3NC(=O)O)c1F. The van der Waals surface area contributed by atoms with Crippen LogP contribution in [0.4, 0.5) is 9.18 Å². The molecular weight excluding hydrogens is 293 g/mol. The molecule has 3 nitrogen and oxygen atoms in total. The summed E-state index contributed by atoms with van der Waals surface area (Å²) in [5.74, 6) is -0.204. The molecule has 1 atom stereocenters. The number of fused-ring (bicyclic) bond motifs is 1. The highest BCUT2D eigenvalue weighted by Crippen LogP contribution is 2.46. The number of benzene rings is 2. The van der Waals surface area contributed by atoms with Crippen molar-refractivity contribution in [3.8, 4) is 11.1 Å². The van der Waals surface area contributed by atoms with Crippen molar-refractivity contribution in [3.05, 3.63) is 58.9 Å². The van der Waals surface area contributed by atoms with Crippen LogP contribution in [-0.2, 0) is 6.42 Å². The van der Waals surface area contributed by atoms with Crippen molar-refractivity contribution in [3.63, 3.8) is 0 Å². The molecule has 1 unspecified atom stereocenters. The van der Waals surface area contributed by atoms with Gasteiger partial charge >= 0.3 is 6.09 Å². The summed E-state index contributed by atoms with van der Waals surface area (Å²) < 4.78 is 14.3. The van der Waals surface area contributed by atoms with Gasteiger partial charge in [0.05, 0.1) is 6.04 Å². The van der Waals surface area contributed by atoms with Crippen LogP contribution < -0.4 is 5.32 Å². The van der Waals surface area contributed by atoms with Crippen molar-refractivity contribution in [2.24, 2.45) is 5.41 Å². The average molecular weight is 313 g/mol. The molecular formula is C19H20FNO2. The number of hydrogen-bond donors (Lipinski definition) is 2. The molecule has 0 fully saturated rings. The van der Waals surface area contributed by atoms with Gasteiger partial charge in [-0.2, -0.15) is 0 Å². The number of halogens is 1. The molecule has 23 heavy (non-hydrogen) atoms. The Labute approximate surface area is 135 Å². The Bertz CT molecular complexity index is 783. The molecule has 3 rings (SSSR count). The maximum atomic E-state index is 14.3. The fourth-order valence-corrected chi connectivity index (χ4v) is 3.49. The van der Waals surface area contributed by atoms with Gasteiger partial charge in [-0.25, -0.2) is 9.18 Å². The third-order valence-corrected chi connectivity index (χ3v) is 4.65. The summed E-state index contributed by atoms with van der Waals surface area (Å²) in [7, 11) is 0. The van der Waals surface area contributed by atoms with Crippen molar-refractivity contribution in [2.45, 2.75) is 33.2 Å². The predicted octanol–water partition coefficient (Wildman–Crippen LogP) is 4.69. The minimum Gasteiger partial charge on any atom is -0.465 e. The second-order valence-corrected chi connectivity index (χ2v) is 6.90. The maximum Gasteiger partial charge on any atom is 0.405 e. The highest BCUT2D eigenvalue weighted by molar-refractivity contribution is 5.69. The van der Waals surface area contributed by atoms with Gasteiger partial charge < -0.3 is 10.4 Å². The van der Waals surface area contributed by atoms with Crippen molar-refractivity contribution in [1.29, 1.82) is 0 Å². The normalized spacial score (nSPS) is 18.5. The van der Waals surface area contributed by atoms with E-state index in [-0.39, 0.29) is 17.3 Å². The fourth-order valence-electron chi connectivity index (χ4n) is 3.49. The molecule has 1 aliphatic carbocycles. The highest BCUT2D eigenvalue weighted by Gasteiger charge is 2.40. The summed E-state index contributed by atoms with van der Waals surface area (Å²) in [5.41, 5.74) is 3.89. The zero-order chi connectivity index (χ0) is 16.8. The number of aryl methyl sites for hydroxylation is 1. The van der Waals surface area contributed by atoms with Crippen molar-refractivity contribution in [1.82, 2.24) is 5.32 Å². The van der Waals surface area contributed by atoms with Crippen LogP contribution in [0.15, 0.2) is 36.4 Å². The largest absolute Gasteiger partial charge is 0.465 e. The van der Waals surface area contributed by atoms with Gasteiger partial charge in [-0.1, -0.05) is 50.2 Å². The molecule has 0 radical (unpaired) electrons. The monoisotopic (exact) mass is 313 g/mol. The van der Waals surface area contributed by atoms with E-state index in [2.05, 4.69) is 5.32 Å². The van der Waals surface area contributed by atoms with Crippen molar-refractivity contribution < 1.29 is 14.3 Å². The van der Waals surface area contributed by atoms with E-state index < -0.39 is 6.09 Å². The van der Waals surface area contributed by atoms with Gasteiger partial charge in [0.15, 0.2) is 0 Å². The molecule has 2 aromatic rings. The molecule has 2 aromatic carbocycles. The standard InChI is InChI=1S/C19H20FNO2/c1-11-5-4-6-14(16(11)20)12-7-8-15-13(9-12)10-19(2,3)17(15)21-18(22)23/h4-9,17,21H,10H2,1-3H3,(H,22,23). The lowest BCUT2D eigenvalue weighted by molar-refractivity contribution is 0.175. The van der Waals surface area contributed by atoms with Crippen LogP contribution in [0, 0.1) is 18.2 Å². The van der Waals surface area contributed by atoms with E-state index in [0.717, 1.165) is 23.1 Å². The first-order valence-corrected chi connectivity index (χ1v) is 7.67. The Hall–Kier alpha value is -2.36. The zero-order valence-corrected chi connectivity index (χ0v) is 13.5. The molecule has 0 bridgehead atoms. The van der Waals surface area contributed by atoms with Gasteiger partial charge in [0, 0.05) is 5.56 Å². The molecule has 0 aliphatic heterocycles. The third-order valence-electron chi connectivity index (χ3n) is 4.65. The Balaban J connectivity index is 2.05. The molecule has 0 aromatic heterocycles. The van der Waals surface area contributed by atoms with E-state index in [4.69, 9.17) is 5.11 Å². The smallest absolute Gasteiger partial charge is 0.405 e. The van der Waals surface area contributed by atoms with Gasteiger partial charge in [-0.15, -0.1) is 0 Å². The van der Waals surface area contributed by atoms with E-state index in [1.54, 1.807) is 19.1 Å². The Kier molecular flexibility index (Phi) is 3.63. The minimum absolute atomic E-state index is 0.204. The first-order chi connectivity index (χ1) is 10.8. The number of carbonyl (C=O) groups is 1. The van der Waals surface area contributed by atoms with Crippen molar-refractivity contribution in [2.75, 3.05) is 0 Å². The molecule has 2 N–H and O–H groups in total. The number of hydrogen-bond acceptors (Lipinski definition) is 1. The van der Waals surface area contributed by atoms with Gasteiger partial charge in [-0.3, -0.25) is 0 Å². The molecule has 0 heterocycles. The number of nitrogens with one attached hydrogen (secondary N) is 1. The predicted molar refractivity (Wildman–Crippen MR) is 88.0 cm³/mol. The number of rotatable bonds is 2. The fraction of sp³-hybridized carbons (Fsp3) is 0.316. The molecule has 0 saturated carbocycles. The van der Waals surface area contributed by atoms with Crippen LogP contribution in [-0.4, -0.2) is 11.2 Å². The summed E-state index contributed by atoms with van der Waals surface area (Å²) >= 11 is 0. The molecule has 0 saturated heterocycles. The zero-order valence-electron chi connectivity index (χ0n) is 13.5. The third kappa shape index (κ3) is 2.69. The van der Waals surface area contributed by atoms with Gasteiger partial charge in [-0.05, 0) is 41.0 Å². The second kappa shape index (κ2) is 5.37. The minimum atomic E-state index is -1.02. The van der Waals surface area contributed by atoms with Crippen LogP contribution in [0.2, 0.25) is 0 Å². The first kappa shape index (κ1) is 15.5.